The number of nitrogens with one attached hydrogen (secondary N) is 1. The van der Waals surface area contributed by atoms with Gasteiger partial charge in [0.05, 0.1) is 6.07 Å². The summed E-state index contributed by atoms with van der Waals surface area (Å²) < 4.78 is 0. The Bertz CT molecular complexity index is 543. The summed E-state index contributed by atoms with van der Waals surface area (Å²) in [6, 6.07) is 9.31. The smallest absolute Gasteiger partial charge is 0.244 e. The van der Waals surface area contributed by atoms with Gasteiger partial charge < -0.3 is 5.32 Å². The van der Waals surface area contributed by atoms with Crippen LogP contribution in [0.5, 0.6) is 0 Å². The minimum absolute atomic E-state index is 0.238. The van der Waals surface area contributed by atoms with Crippen molar-refractivity contribution in [2.45, 2.75) is 39.5 Å². The number of anilines is 1. The standard InChI is InChI=1S/C17H20N2O/c1-4-10-17(13-18,11-5-2)16(20)19-15-9-7-8-14(6-3)12-15/h3,7-9,12H,4-5,10-11H2,1-2H3,(H,19,20). The minimum atomic E-state index is -0.949. The molecule has 0 aliphatic rings. The first-order chi connectivity index (χ1) is 9.61. The molecule has 20 heavy (non-hydrogen) atoms. The first kappa shape index (κ1) is 15.8. The van der Waals surface area contributed by atoms with Gasteiger partial charge in [0.15, 0.2) is 0 Å². The number of rotatable bonds is 6. The van der Waals surface area contributed by atoms with Crippen LogP contribution in [0.15, 0.2) is 24.3 Å². The second-order valence-electron chi connectivity index (χ2n) is 4.87. The maximum absolute atomic E-state index is 12.5. The number of hydrogen-bond donors (Lipinski definition) is 1. The van der Waals surface area contributed by atoms with Crippen LogP contribution in [-0.4, -0.2) is 5.91 Å². The fourth-order valence-corrected chi connectivity index (χ4v) is 2.31. The van der Waals surface area contributed by atoms with Crippen molar-refractivity contribution < 1.29 is 4.79 Å². The highest BCUT2D eigenvalue weighted by Gasteiger charge is 2.36. The van der Waals surface area contributed by atoms with E-state index in [2.05, 4.69) is 17.3 Å². The van der Waals surface area contributed by atoms with E-state index in [1.807, 2.05) is 13.8 Å². The third-order valence-corrected chi connectivity index (χ3v) is 3.29. The Hall–Kier alpha value is -2.26. The third-order valence-electron chi connectivity index (χ3n) is 3.29. The van der Waals surface area contributed by atoms with Crippen molar-refractivity contribution >= 4 is 11.6 Å². The molecule has 0 atom stereocenters. The summed E-state index contributed by atoms with van der Waals surface area (Å²) in [6.07, 6.45) is 8.07. The summed E-state index contributed by atoms with van der Waals surface area (Å²) in [5.41, 5.74) is 0.393. The third kappa shape index (κ3) is 3.62. The fraction of sp³-hybridized carbons (Fsp3) is 0.412. The van der Waals surface area contributed by atoms with Gasteiger partial charge in [0.2, 0.25) is 5.91 Å². The predicted molar refractivity (Wildman–Crippen MR) is 80.9 cm³/mol. The van der Waals surface area contributed by atoms with Gasteiger partial charge >= 0.3 is 0 Å². The molecule has 0 fully saturated rings. The van der Waals surface area contributed by atoms with Crippen molar-refractivity contribution in [3.63, 3.8) is 0 Å². The van der Waals surface area contributed by atoms with Gasteiger partial charge in [0.25, 0.3) is 0 Å². The Morgan fingerprint density at radius 2 is 2.00 bits per heavy atom. The monoisotopic (exact) mass is 268 g/mol. The van der Waals surface area contributed by atoms with Gasteiger partial charge in [-0.2, -0.15) is 5.26 Å². The molecule has 3 nitrogen and oxygen atoms in total. The average molecular weight is 268 g/mol. The van der Waals surface area contributed by atoms with E-state index in [9.17, 15) is 10.1 Å². The SMILES string of the molecule is C#Cc1cccc(NC(=O)C(C#N)(CCC)CCC)c1. The van der Waals surface area contributed by atoms with Crippen LogP contribution in [0, 0.1) is 29.1 Å². The Morgan fingerprint density at radius 3 is 2.50 bits per heavy atom. The molecular formula is C17H20N2O. The molecule has 104 valence electrons. The summed E-state index contributed by atoms with van der Waals surface area (Å²) in [5.74, 6) is 2.29. The van der Waals surface area contributed by atoms with E-state index in [0.29, 0.717) is 24.1 Å². The molecule has 0 heterocycles. The maximum atomic E-state index is 12.5. The largest absolute Gasteiger partial charge is 0.325 e. The Kier molecular flexibility index (Phi) is 5.81. The summed E-state index contributed by atoms with van der Waals surface area (Å²) in [5, 5.41) is 12.3. The van der Waals surface area contributed by atoms with Gasteiger partial charge in [-0.15, -0.1) is 6.42 Å². The van der Waals surface area contributed by atoms with Gasteiger partial charge in [0.1, 0.15) is 5.41 Å². The van der Waals surface area contributed by atoms with Gasteiger partial charge in [-0.05, 0) is 31.0 Å². The molecule has 1 amide bonds. The van der Waals surface area contributed by atoms with Crippen molar-refractivity contribution in [2.75, 3.05) is 5.32 Å². The molecule has 3 heteroatoms. The van der Waals surface area contributed by atoms with Crippen molar-refractivity contribution in [1.29, 1.82) is 5.26 Å². The summed E-state index contributed by atoms with van der Waals surface area (Å²) in [4.78, 5) is 12.5. The van der Waals surface area contributed by atoms with Gasteiger partial charge in [0, 0.05) is 11.3 Å². The molecule has 0 aliphatic heterocycles. The molecule has 0 bridgehead atoms. The second kappa shape index (κ2) is 7.36. The molecule has 1 aromatic rings. The van der Waals surface area contributed by atoms with Crippen LogP contribution in [0.3, 0.4) is 0 Å². The van der Waals surface area contributed by atoms with E-state index < -0.39 is 5.41 Å². The number of nitrogens with zero attached hydrogens (tertiary/aromatic N) is 1. The van der Waals surface area contributed by atoms with Crippen LogP contribution >= 0.6 is 0 Å². The maximum Gasteiger partial charge on any atom is 0.244 e. The van der Waals surface area contributed by atoms with Gasteiger partial charge in [-0.3, -0.25) is 4.79 Å². The van der Waals surface area contributed by atoms with Crippen LogP contribution in [0.25, 0.3) is 0 Å². The van der Waals surface area contributed by atoms with Crippen molar-refractivity contribution in [1.82, 2.24) is 0 Å². The zero-order valence-electron chi connectivity index (χ0n) is 12.1. The first-order valence-electron chi connectivity index (χ1n) is 6.91. The molecule has 1 N–H and O–H groups in total. The lowest BCUT2D eigenvalue weighted by atomic mass is 9.79. The average Bonchev–Trinajstić information content (AvgIpc) is 2.47. The molecule has 0 radical (unpaired) electrons. The van der Waals surface area contributed by atoms with E-state index in [0.717, 1.165) is 12.8 Å². The molecule has 0 aliphatic carbocycles. The first-order valence-corrected chi connectivity index (χ1v) is 6.91. The van der Waals surface area contributed by atoms with E-state index in [1.165, 1.54) is 0 Å². The fourth-order valence-electron chi connectivity index (χ4n) is 2.31. The molecule has 0 saturated carbocycles. The number of carbonyl (C=O) groups excluding carboxylic acids is 1. The van der Waals surface area contributed by atoms with Gasteiger partial charge in [-0.1, -0.05) is 38.7 Å². The quantitative estimate of drug-likeness (QED) is 0.799. The van der Waals surface area contributed by atoms with Crippen LogP contribution in [0.2, 0.25) is 0 Å². The highest BCUT2D eigenvalue weighted by atomic mass is 16.2. The predicted octanol–water partition coefficient (Wildman–Crippen LogP) is 3.72. The highest BCUT2D eigenvalue weighted by Crippen LogP contribution is 2.31. The highest BCUT2D eigenvalue weighted by molar-refractivity contribution is 5.97. The summed E-state index contributed by atoms with van der Waals surface area (Å²) in [7, 11) is 0. The number of benzene rings is 1. The number of terminal acetylenes is 1. The van der Waals surface area contributed by atoms with Crippen molar-refractivity contribution in [3.8, 4) is 18.4 Å². The minimum Gasteiger partial charge on any atom is -0.325 e. The van der Waals surface area contributed by atoms with Crippen molar-refractivity contribution in [3.05, 3.63) is 29.8 Å². The molecular weight excluding hydrogens is 248 g/mol. The number of amides is 1. The van der Waals surface area contributed by atoms with Crippen molar-refractivity contribution in [2.24, 2.45) is 5.41 Å². The molecule has 1 rings (SSSR count). The Balaban J connectivity index is 2.96. The lowest BCUT2D eigenvalue weighted by Crippen LogP contribution is -2.35. The molecule has 0 aromatic heterocycles. The number of hydrogen-bond acceptors (Lipinski definition) is 2. The van der Waals surface area contributed by atoms with Crippen LogP contribution in [-0.2, 0) is 4.79 Å². The topological polar surface area (TPSA) is 52.9 Å². The van der Waals surface area contributed by atoms with Gasteiger partial charge in [-0.25, -0.2) is 0 Å². The summed E-state index contributed by atoms with van der Waals surface area (Å²) >= 11 is 0. The van der Waals surface area contributed by atoms with E-state index in [-0.39, 0.29) is 5.91 Å². The lowest BCUT2D eigenvalue weighted by Gasteiger charge is -2.24. The van der Waals surface area contributed by atoms with E-state index in [1.54, 1.807) is 24.3 Å². The lowest BCUT2D eigenvalue weighted by molar-refractivity contribution is -0.123. The molecule has 0 unspecified atom stereocenters. The van der Waals surface area contributed by atoms with Crippen LogP contribution in [0.1, 0.15) is 45.1 Å². The van der Waals surface area contributed by atoms with E-state index >= 15 is 0 Å². The molecule has 1 aromatic carbocycles. The molecule has 0 saturated heterocycles. The molecule has 0 spiro atoms. The zero-order valence-corrected chi connectivity index (χ0v) is 12.1. The second-order valence-corrected chi connectivity index (χ2v) is 4.87. The Labute approximate surface area is 121 Å². The van der Waals surface area contributed by atoms with Crippen LogP contribution < -0.4 is 5.32 Å². The Morgan fingerprint density at radius 1 is 1.35 bits per heavy atom. The number of carbonyl (C=O) groups is 1. The number of nitriles is 1. The zero-order chi connectivity index (χ0) is 15.0. The normalized spacial score (nSPS) is 10.4. The van der Waals surface area contributed by atoms with E-state index in [4.69, 9.17) is 6.42 Å². The van der Waals surface area contributed by atoms with Crippen LogP contribution in [0.4, 0.5) is 5.69 Å². The summed E-state index contributed by atoms with van der Waals surface area (Å²) in [6.45, 7) is 3.96.